The SMILES string of the molecule is CNCC1CCCCN1c1cnc(C#N)cn1. The van der Waals surface area contributed by atoms with E-state index >= 15 is 0 Å². The summed E-state index contributed by atoms with van der Waals surface area (Å²) in [5.74, 6) is 0.879. The molecule has 1 aliphatic rings. The molecule has 1 unspecified atom stereocenters. The molecule has 1 aliphatic heterocycles. The Hall–Kier alpha value is -1.67. The molecule has 0 saturated carbocycles. The highest BCUT2D eigenvalue weighted by atomic mass is 15.2. The van der Waals surface area contributed by atoms with Crippen molar-refractivity contribution in [1.29, 1.82) is 5.26 Å². The first-order valence-corrected chi connectivity index (χ1v) is 5.98. The second kappa shape index (κ2) is 5.60. The van der Waals surface area contributed by atoms with E-state index in [-0.39, 0.29) is 0 Å². The van der Waals surface area contributed by atoms with Gasteiger partial charge in [-0.3, -0.25) is 0 Å². The third-order valence-corrected chi connectivity index (χ3v) is 3.11. The van der Waals surface area contributed by atoms with E-state index in [0.29, 0.717) is 11.7 Å². The average molecular weight is 231 g/mol. The maximum atomic E-state index is 8.70. The molecule has 1 aromatic heterocycles. The number of hydrogen-bond acceptors (Lipinski definition) is 5. The van der Waals surface area contributed by atoms with Crippen LogP contribution in [0.5, 0.6) is 0 Å². The highest BCUT2D eigenvalue weighted by molar-refractivity contribution is 5.39. The molecule has 1 saturated heterocycles. The van der Waals surface area contributed by atoms with Gasteiger partial charge in [-0.1, -0.05) is 0 Å². The number of aromatic nitrogens is 2. The molecule has 1 N–H and O–H groups in total. The van der Waals surface area contributed by atoms with Crippen LogP contribution in [0.25, 0.3) is 0 Å². The van der Waals surface area contributed by atoms with Gasteiger partial charge in [-0.05, 0) is 26.3 Å². The summed E-state index contributed by atoms with van der Waals surface area (Å²) in [4.78, 5) is 10.7. The Morgan fingerprint density at radius 2 is 2.35 bits per heavy atom. The maximum Gasteiger partial charge on any atom is 0.158 e. The normalized spacial score (nSPS) is 20.0. The average Bonchev–Trinajstić information content (AvgIpc) is 2.40. The molecule has 0 radical (unpaired) electrons. The van der Waals surface area contributed by atoms with Gasteiger partial charge in [0, 0.05) is 19.1 Å². The van der Waals surface area contributed by atoms with Crippen molar-refractivity contribution in [1.82, 2.24) is 15.3 Å². The summed E-state index contributed by atoms with van der Waals surface area (Å²) in [6, 6.07) is 2.47. The standard InChI is InChI=1S/C12H17N5/c1-14-8-11-4-2-3-5-17(11)12-9-15-10(6-13)7-16-12/h7,9,11,14H,2-5,8H2,1H3. The van der Waals surface area contributed by atoms with Gasteiger partial charge in [0.2, 0.25) is 0 Å². The molecule has 1 aromatic rings. The predicted octanol–water partition coefficient (Wildman–Crippen LogP) is 0.927. The molecule has 5 nitrogen and oxygen atoms in total. The summed E-state index contributed by atoms with van der Waals surface area (Å²) in [5, 5.41) is 11.9. The molecule has 0 bridgehead atoms. The number of anilines is 1. The first kappa shape index (κ1) is 11.8. The van der Waals surface area contributed by atoms with Crippen LogP contribution in [0, 0.1) is 11.3 Å². The Labute approximate surface area is 101 Å². The third-order valence-electron chi connectivity index (χ3n) is 3.11. The smallest absolute Gasteiger partial charge is 0.158 e. The summed E-state index contributed by atoms with van der Waals surface area (Å²) < 4.78 is 0. The molecule has 90 valence electrons. The van der Waals surface area contributed by atoms with Crippen LogP contribution in [0.1, 0.15) is 25.0 Å². The van der Waals surface area contributed by atoms with E-state index in [4.69, 9.17) is 5.26 Å². The van der Waals surface area contributed by atoms with Gasteiger partial charge in [-0.2, -0.15) is 5.26 Å². The van der Waals surface area contributed by atoms with Crippen LogP contribution in [0.15, 0.2) is 12.4 Å². The maximum absolute atomic E-state index is 8.70. The van der Waals surface area contributed by atoms with Gasteiger partial charge < -0.3 is 10.2 Å². The fraction of sp³-hybridized carbons (Fsp3) is 0.583. The van der Waals surface area contributed by atoms with Crippen LogP contribution in [0.3, 0.4) is 0 Å². The number of nitriles is 1. The molecule has 0 aliphatic carbocycles. The number of rotatable bonds is 3. The summed E-state index contributed by atoms with van der Waals surface area (Å²) in [5.41, 5.74) is 0.371. The van der Waals surface area contributed by atoms with E-state index in [0.717, 1.165) is 18.9 Å². The summed E-state index contributed by atoms with van der Waals surface area (Å²) in [7, 11) is 1.97. The number of nitrogens with one attached hydrogen (secondary N) is 1. The first-order chi connectivity index (χ1) is 8.35. The lowest BCUT2D eigenvalue weighted by Gasteiger charge is -2.36. The quantitative estimate of drug-likeness (QED) is 0.838. The molecule has 17 heavy (non-hydrogen) atoms. The van der Waals surface area contributed by atoms with Crippen LogP contribution in [-0.2, 0) is 0 Å². The summed E-state index contributed by atoms with van der Waals surface area (Å²) in [6.07, 6.45) is 6.89. The van der Waals surface area contributed by atoms with E-state index in [1.807, 2.05) is 13.1 Å². The van der Waals surface area contributed by atoms with Crippen molar-refractivity contribution in [2.24, 2.45) is 0 Å². The van der Waals surface area contributed by atoms with Crippen molar-refractivity contribution in [2.45, 2.75) is 25.3 Å². The van der Waals surface area contributed by atoms with Gasteiger partial charge in [-0.25, -0.2) is 9.97 Å². The zero-order valence-electron chi connectivity index (χ0n) is 10.1. The Morgan fingerprint density at radius 1 is 1.47 bits per heavy atom. The highest BCUT2D eigenvalue weighted by Gasteiger charge is 2.22. The minimum Gasteiger partial charge on any atom is -0.351 e. The molecular formula is C12H17N5. The largest absolute Gasteiger partial charge is 0.351 e. The van der Waals surface area contributed by atoms with Crippen molar-refractivity contribution in [3.05, 3.63) is 18.1 Å². The monoisotopic (exact) mass is 231 g/mol. The van der Waals surface area contributed by atoms with Crippen molar-refractivity contribution in [3.63, 3.8) is 0 Å². The molecule has 1 atom stereocenters. The van der Waals surface area contributed by atoms with Crippen LogP contribution in [-0.4, -0.2) is 36.1 Å². The van der Waals surface area contributed by atoms with Crippen molar-refractivity contribution in [2.75, 3.05) is 25.0 Å². The van der Waals surface area contributed by atoms with E-state index in [1.165, 1.54) is 19.3 Å². The minimum atomic E-state index is 0.371. The zero-order valence-corrected chi connectivity index (χ0v) is 10.1. The van der Waals surface area contributed by atoms with Crippen LogP contribution in [0.2, 0.25) is 0 Å². The Bertz CT molecular complexity index is 392. The fourth-order valence-corrected chi connectivity index (χ4v) is 2.28. The molecule has 2 rings (SSSR count). The lowest BCUT2D eigenvalue weighted by Crippen LogP contribution is -2.45. The fourth-order valence-electron chi connectivity index (χ4n) is 2.28. The number of likely N-dealkylation sites (N-methyl/N-ethyl adjacent to an activating group) is 1. The molecule has 0 spiro atoms. The van der Waals surface area contributed by atoms with E-state index in [9.17, 15) is 0 Å². The molecule has 5 heteroatoms. The van der Waals surface area contributed by atoms with Crippen LogP contribution in [0.4, 0.5) is 5.82 Å². The van der Waals surface area contributed by atoms with Gasteiger partial charge >= 0.3 is 0 Å². The number of hydrogen-bond donors (Lipinski definition) is 1. The van der Waals surface area contributed by atoms with Crippen molar-refractivity contribution >= 4 is 5.82 Å². The Balaban J connectivity index is 2.14. The van der Waals surface area contributed by atoms with E-state index < -0.39 is 0 Å². The van der Waals surface area contributed by atoms with E-state index in [1.54, 1.807) is 12.4 Å². The summed E-state index contributed by atoms with van der Waals surface area (Å²) in [6.45, 7) is 1.98. The van der Waals surface area contributed by atoms with Crippen LogP contribution >= 0.6 is 0 Å². The zero-order chi connectivity index (χ0) is 12.1. The predicted molar refractivity (Wildman–Crippen MR) is 65.7 cm³/mol. The lowest BCUT2D eigenvalue weighted by molar-refractivity contribution is 0.443. The Kier molecular flexibility index (Phi) is 3.89. The third kappa shape index (κ3) is 2.71. The van der Waals surface area contributed by atoms with Crippen molar-refractivity contribution in [3.8, 4) is 6.07 Å². The second-order valence-electron chi connectivity index (χ2n) is 4.27. The van der Waals surface area contributed by atoms with Gasteiger partial charge in [0.1, 0.15) is 11.9 Å². The van der Waals surface area contributed by atoms with Gasteiger partial charge in [-0.15, -0.1) is 0 Å². The van der Waals surface area contributed by atoms with Crippen LogP contribution < -0.4 is 10.2 Å². The highest BCUT2D eigenvalue weighted by Crippen LogP contribution is 2.21. The number of nitrogens with zero attached hydrogens (tertiary/aromatic N) is 4. The van der Waals surface area contributed by atoms with Gasteiger partial charge in [0.15, 0.2) is 5.69 Å². The molecule has 1 fully saturated rings. The lowest BCUT2D eigenvalue weighted by atomic mass is 10.0. The minimum absolute atomic E-state index is 0.371. The van der Waals surface area contributed by atoms with E-state index in [2.05, 4.69) is 20.2 Å². The topological polar surface area (TPSA) is 64.8 Å². The first-order valence-electron chi connectivity index (χ1n) is 5.98. The summed E-state index contributed by atoms with van der Waals surface area (Å²) >= 11 is 0. The second-order valence-corrected chi connectivity index (χ2v) is 4.27. The molecular weight excluding hydrogens is 214 g/mol. The number of piperidine rings is 1. The molecule has 2 heterocycles. The van der Waals surface area contributed by atoms with Crippen molar-refractivity contribution < 1.29 is 0 Å². The van der Waals surface area contributed by atoms with Gasteiger partial charge in [0.05, 0.1) is 12.4 Å². The van der Waals surface area contributed by atoms with Gasteiger partial charge in [0.25, 0.3) is 0 Å². The molecule has 0 aromatic carbocycles. The molecule has 0 amide bonds. The Morgan fingerprint density at radius 3 is 3.00 bits per heavy atom.